The highest BCUT2D eigenvalue weighted by Gasteiger charge is 2.14. The van der Waals surface area contributed by atoms with Crippen molar-refractivity contribution >= 4 is 24.0 Å². The molecule has 0 bridgehead atoms. The van der Waals surface area contributed by atoms with Gasteiger partial charge in [-0.05, 0) is 38.0 Å². The Morgan fingerprint density at radius 1 is 1.58 bits per heavy atom. The fourth-order valence-electron chi connectivity index (χ4n) is 1.21. The van der Waals surface area contributed by atoms with Crippen molar-refractivity contribution < 1.29 is 0 Å². The van der Waals surface area contributed by atoms with E-state index >= 15 is 0 Å². The maximum Gasteiger partial charge on any atom is 0.0526 e. The lowest BCUT2D eigenvalue weighted by molar-refractivity contribution is 0.330. The molecule has 0 aliphatic rings. The summed E-state index contributed by atoms with van der Waals surface area (Å²) in [6.45, 7) is 2.16. The van der Waals surface area contributed by atoms with Gasteiger partial charge in [0.2, 0.25) is 0 Å². The van der Waals surface area contributed by atoms with Gasteiger partial charge in [0, 0.05) is 10.6 Å². The second-order valence-electron chi connectivity index (χ2n) is 3.13. The Morgan fingerprint density at radius 2 is 2.25 bits per heavy atom. The number of thiophene rings is 1. The van der Waals surface area contributed by atoms with E-state index in [2.05, 4.69) is 50.0 Å². The number of hydrogen-bond acceptors (Lipinski definition) is 3. The number of nitrogens with zero attached hydrogens (tertiary/aromatic N) is 1. The lowest BCUT2D eigenvalue weighted by Crippen LogP contribution is -2.20. The highest BCUT2D eigenvalue weighted by Crippen LogP contribution is 2.27. The average Bonchev–Trinajstić information content (AvgIpc) is 2.38. The van der Waals surface area contributed by atoms with Gasteiger partial charge in [-0.2, -0.15) is 12.6 Å². The minimum Gasteiger partial charge on any atom is -0.301 e. The van der Waals surface area contributed by atoms with Crippen LogP contribution in [0, 0.1) is 6.92 Å². The molecule has 0 aliphatic heterocycles. The van der Waals surface area contributed by atoms with E-state index in [4.69, 9.17) is 0 Å². The van der Waals surface area contributed by atoms with Gasteiger partial charge in [-0.25, -0.2) is 0 Å². The summed E-state index contributed by atoms with van der Waals surface area (Å²) < 4.78 is 0. The zero-order valence-electron chi connectivity index (χ0n) is 7.74. The van der Waals surface area contributed by atoms with E-state index in [1.54, 1.807) is 0 Å². The summed E-state index contributed by atoms with van der Waals surface area (Å²) in [5, 5.41) is 2.14. The van der Waals surface area contributed by atoms with E-state index in [1.807, 2.05) is 11.3 Å². The smallest absolute Gasteiger partial charge is 0.0526 e. The van der Waals surface area contributed by atoms with Gasteiger partial charge in [-0.3, -0.25) is 0 Å². The number of rotatable bonds is 3. The maximum atomic E-state index is 4.35. The summed E-state index contributed by atoms with van der Waals surface area (Å²) in [7, 11) is 4.19. The van der Waals surface area contributed by atoms with Crippen LogP contribution in [0.2, 0.25) is 0 Å². The molecule has 3 heteroatoms. The van der Waals surface area contributed by atoms with Crippen LogP contribution in [0.15, 0.2) is 11.4 Å². The lowest BCUT2D eigenvalue weighted by atomic mass is 10.2. The summed E-state index contributed by atoms with van der Waals surface area (Å²) in [4.78, 5) is 3.65. The molecular weight excluding hydrogens is 186 g/mol. The van der Waals surface area contributed by atoms with Crippen molar-refractivity contribution in [3.63, 3.8) is 0 Å². The average molecular weight is 201 g/mol. The van der Waals surface area contributed by atoms with E-state index in [9.17, 15) is 0 Å². The van der Waals surface area contributed by atoms with E-state index in [0.29, 0.717) is 6.04 Å². The molecule has 0 amide bonds. The molecule has 1 nitrogen and oxygen atoms in total. The van der Waals surface area contributed by atoms with Crippen LogP contribution in [0.4, 0.5) is 0 Å². The molecule has 0 N–H and O–H groups in total. The van der Waals surface area contributed by atoms with Crippen LogP contribution in [-0.4, -0.2) is 24.7 Å². The molecule has 1 rings (SSSR count). The molecule has 0 saturated heterocycles. The SMILES string of the molecule is Cc1ccsc1C(CS)N(C)C. The fourth-order valence-corrected chi connectivity index (χ4v) is 2.96. The van der Waals surface area contributed by atoms with Crippen molar-refractivity contribution in [2.24, 2.45) is 0 Å². The Labute approximate surface area is 83.8 Å². The fraction of sp³-hybridized carbons (Fsp3) is 0.556. The van der Waals surface area contributed by atoms with E-state index in [0.717, 1.165) is 5.75 Å². The van der Waals surface area contributed by atoms with Gasteiger partial charge < -0.3 is 4.90 Å². The highest BCUT2D eigenvalue weighted by molar-refractivity contribution is 7.80. The molecule has 1 heterocycles. The van der Waals surface area contributed by atoms with Crippen LogP contribution >= 0.6 is 24.0 Å². The molecular formula is C9H15NS2. The first-order valence-electron chi connectivity index (χ1n) is 3.98. The third kappa shape index (κ3) is 2.03. The van der Waals surface area contributed by atoms with Crippen LogP contribution in [0.1, 0.15) is 16.5 Å². The van der Waals surface area contributed by atoms with Crippen LogP contribution < -0.4 is 0 Å². The van der Waals surface area contributed by atoms with E-state index < -0.39 is 0 Å². The van der Waals surface area contributed by atoms with E-state index in [-0.39, 0.29) is 0 Å². The predicted octanol–water partition coefficient (Wildman–Crippen LogP) is 2.59. The Balaban J connectivity index is 2.87. The van der Waals surface area contributed by atoms with Crippen molar-refractivity contribution in [2.75, 3.05) is 19.8 Å². The number of thiol groups is 1. The monoisotopic (exact) mass is 201 g/mol. The minimum absolute atomic E-state index is 0.466. The Hall–Kier alpha value is 0.01000. The zero-order chi connectivity index (χ0) is 9.14. The zero-order valence-corrected chi connectivity index (χ0v) is 9.45. The van der Waals surface area contributed by atoms with Gasteiger partial charge in [-0.1, -0.05) is 0 Å². The first-order valence-corrected chi connectivity index (χ1v) is 5.49. The maximum absolute atomic E-state index is 4.35. The molecule has 0 saturated carbocycles. The number of aryl methyl sites for hydroxylation is 1. The molecule has 68 valence electrons. The standard InChI is InChI=1S/C9H15NS2/c1-7-4-5-12-9(7)8(6-11)10(2)3/h4-5,8,11H,6H2,1-3H3. The second kappa shape index (κ2) is 4.30. The normalized spacial score (nSPS) is 13.8. The quantitative estimate of drug-likeness (QED) is 0.736. The van der Waals surface area contributed by atoms with Crippen molar-refractivity contribution in [3.05, 3.63) is 21.9 Å². The molecule has 0 aliphatic carbocycles. The Morgan fingerprint density at radius 3 is 2.58 bits per heavy atom. The predicted molar refractivity (Wildman–Crippen MR) is 59.3 cm³/mol. The summed E-state index contributed by atoms with van der Waals surface area (Å²) in [5.74, 6) is 0.883. The van der Waals surface area contributed by atoms with Crippen LogP contribution in [-0.2, 0) is 0 Å². The molecule has 1 unspecified atom stereocenters. The van der Waals surface area contributed by atoms with Gasteiger partial charge in [0.1, 0.15) is 0 Å². The molecule has 0 fully saturated rings. The van der Waals surface area contributed by atoms with Gasteiger partial charge in [0.05, 0.1) is 6.04 Å². The molecule has 1 aromatic heterocycles. The van der Waals surface area contributed by atoms with E-state index in [1.165, 1.54) is 10.4 Å². The third-order valence-electron chi connectivity index (χ3n) is 2.00. The molecule has 1 atom stereocenters. The van der Waals surface area contributed by atoms with Crippen molar-refractivity contribution in [1.29, 1.82) is 0 Å². The first-order chi connectivity index (χ1) is 5.66. The van der Waals surface area contributed by atoms with Crippen molar-refractivity contribution in [1.82, 2.24) is 4.90 Å². The van der Waals surface area contributed by atoms with Gasteiger partial charge in [0.15, 0.2) is 0 Å². The number of hydrogen-bond donors (Lipinski definition) is 1. The first kappa shape index (κ1) is 10.1. The molecule has 1 aromatic rings. The topological polar surface area (TPSA) is 3.24 Å². The Kier molecular flexibility index (Phi) is 3.62. The largest absolute Gasteiger partial charge is 0.301 e. The molecule has 0 radical (unpaired) electrons. The van der Waals surface area contributed by atoms with Crippen LogP contribution in [0.5, 0.6) is 0 Å². The van der Waals surface area contributed by atoms with Crippen LogP contribution in [0.3, 0.4) is 0 Å². The molecule has 0 aromatic carbocycles. The molecule has 12 heavy (non-hydrogen) atoms. The van der Waals surface area contributed by atoms with Gasteiger partial charge in [0.25, 0.3) is 0 Å². The van der Waals surface area contributed by atoms with Gasteiger partial charge >= 0.3 is 0 Å². The second-order valence-corrected chi connectivity index (χ2v) is 4.44. The highest BCUT2D eigenvalue weighted by atomic mass is 32.1. The summed E-state index contributed by atoms with van der Waals surface area (Å²) in [5.41, 5.74) is 1.38. The summed E-state index contributed by atoms with van der Waals surface area (Å²) >= 11 is 6.17. The van der Waals surface area contributed by atoms with Crippen LogP contribution in [0.25, 0.3) is 0 Å². The minimum atomic E-state index is 0.466. The van der Waals surface area contributed by atoms with Crippen molar-refractivity contribution in [3.8, 4) is 0 Å². The third-order valence-corrected chi connectivity index (χ3v) is 3.47. The molecule has 0 spiro atoms. The summed E-state index contributed by atoms with van der Waals surface area (Å²) in [6, 6.07) is 2.63. The van der Waals surface area contributed by atoms with Gasteiger partial charge in [-0.15, -0.1) is 11.3 Å². The lowest BCUT2D eigenvalue weighted by Gasteiger charge is -2.21. The van der Waals surface area contributed by atoms with Crippen molar-refractivity contribution in [2.45, 2.75) is 13.0 Å². The summed E-state index contributed by atoms with van der Waals surface area (Å²) in [6.07, 6.45) is 0. The Bertz CT molecular complexity index is 242.